The molecule has 1 atom stereocenters. The van der Waals surface area contributed by atoms with E-state index >= 15 is 0 Å². The van der Waals surface area contributed by atoms with Crippen LogP contribution in [0.3, 0.4) is 0 Å². The Bertz CT molecular complexity index is 821. The van der Waals surface area contributed by atoms with Crippen LogP contribution in [0.1, 0.15) is 6.92 Å². The van der Waals surface area contributed by atoms with Crippen molar-refractivity contribution >= 4 is 23.2 Å². The van der Waals surface area contributed by atoms with Crippen LogP contribution in [0.4, 0.5) is 5.69 Å². The van der Waals surface area contributed by atoms with Gasteiger partial charge in [-0.05, 0) is 53.7 Å². The highest BCUT2D eigenvalue weighted by Crippen LogP contribution is 2.18. The molecule has 1 heterocycles. The van der Waals surface area contributed by atoms with Crippen LogP contribution in [0.15, 0.2) is 54.9 Å². The smallest absolute Gasteiger partial charge is 0.265 e. The van der Waals surface area contributed by atoms with Gasteiger partial charge in [-0.25, -0.2) is 4.68 Å². The maximum atomic E-state index is 12.2. The molecule has 122 valence electrons. The SMILES string of the molecule is CC(Oc1cccc(-n2cnnn2)c1)C(=O)Nc1ccc(Cl)cc1. The van der Waals surface area contributed by atoms with E-state index in [-0.39, 0.29) is 5.91 Å². The Balaban J connectivity index is 1.65. The molecule has 1 N–H and O–H groups in total. The molecule has 7 nitrogen and oxygen atoms in total. The molecule has 0 spiro atoms. The highest BCUT2D eigenvalue weighted by molar-refractivity contribution is 6.30. The fourth-order valence-corrected chi connectivity index (χ4v) is 2.14. The standard InChI is InChI=1S/C16H14ClN5O2/c1-11(16(23)19-13-7-5-12(17)6-8-13)24-15-4-2-3-14(9-15)22-10-18-20-21-22/h2-11H,1H3,(H,19,23). The van der Waals surface area contributed by atoms with Gasteiger partial charge in [0.25, 0.3) is 5.91 Å². The lowest BCUT2D eigenvalue weighted by Gasteiger charge is -2.15. The van der Waals surface area contributed by atoms with Crippen molar-refractivity contribution in [2.75, 3.05) is 5.32 Å². The summed E-state index contributed by atoms with van der Waals surface area (Å²) in [5.74, 6) is 0.284. The average Bonchev–Trinajstić information content (AvgIpc) is 3.12. The molecule has 0 aliphatic carbocycles. The van der Waals surface area contributed by atoms with Gasteiger partial charge in [0.2, 0.25) is 0 Å². The van der Waals surface area contributed by atoms with Gasteiger partial charge in [0.15, 0.2) is 6.10 Å². The Morgan fingerprint density at radius 1 is 1.25 bits per heavy atom. The van der Waals surface area contributed by atoms with E-state index in [2.05, 4.69) is 20.8 Å². The molecule has 1 aromatic heterocycles. The van der Waals surface area contributed by atoms with E-state index in [1.165, 1.54) is 11.0 Å². The van der Waals surface area contributed by atoms with Crippen molar-refractivity contribution in [2.24, 2.45) is 0 Å². The first-order valence-electron chi connectivity index (χ1n) is 7.18. The quantitative estimate of drug-likeness (QED) is 0.770. The van der Waals surface area contributed by atoms with Crippen LogP contribution < -0.4 is 10.1 Å². The van der Waals surface area contributed by atoms with Crippen LogP contribution in [0.2, 0.25) is 5.02 Å². The highest BCUT2D eigenvalue weighted by Gasteiger charge is 2.15. The van der Waals surface area contributed by atoms with E-state index in [1.54, 1.807) is 49.4 Å². The summed E-state index contributed by atoms with van der Waals surface area (Å²) in [5.41, 5.74) is 1.39. The Hall–Kier alpha value is -2.93. The molecule has 0 saturated carbocycles. The summed E-state index contributed by atoms with van der Waals surface area (Å²) in [6, 6.07) is 14.0. The molecule has 2 aromatic carbocycles. The van der Waals surface area contributed by atoms with Crippen LogP contribution in [-0.4, -0.2) is 32.2 Å². The molecule has 8 heteroatoms. The maximum Gasteiger partial charge on any atom is 0.265 e. The Morgan fingerprint density at radius 3 is 2.75 bits per heavy atom. The Morgan fingerprint density at radius 2 is 2.04 bits per heavy atom. The van der Waals surface area contributed by atoms with Crippen molar-refractivity contribution in [3.05, 3.63) is 59.9 Å². The number of aromatic nitrogens is 4. The number of carbonyl (C=O) groups is 1. The molecular weight excluding hydrogens is 330 g/mol. The molecule has 0 bridgehead atoms. The second-order valence-corrected chi connectivity index (χ2v) is 5.44. The average molecular weight is 344 g/mol. The first kappa shape index (κ1) is 15.9. The number of nitrogens with zero attached hydrogens (tertiary/aromatic N) is 4. The lowest BCUT2D eigenvalue weighted by molar-refractivity contribution is -0.122. The van der Waals surface area contributed by atoms with Gasteiger partial charge in [-0.3, -0.25) is 4.79 Å². The van der Waals surface area contributed by atoms with Gasteiger partial charge in [0.05, 0.1) is 5.69 Å². The van der Waals surface area contributed by atoms with Gasteiger partial charge in [-0.2, -0.15) is 0 Å². The third kappa shape index (κ3) is 3.88. The van der Waals surface area contributed by atoms with E-state index in [0.29, 0.717) is 16.5 Å². The number of nitrogens with one attached hydrogen (secondary N) is 1. The summed E-state index contributed by atoms with van der Waals surface area (Å²) >= 11 is 5.82. The molecule has 3 aromatic rings. The summed E-state index contributed by atoms with van der Waals surface area (Å²) in [5, 5.41) is 14.4. The van der Waals surface area contributed by atoms with Crippen LogP contribution >= 0.6 is 11.6 Å². The lowest BCUT2D eigenvalue weighted by atomic mass is 10.2. The second-order valence-electron chi connectivity index (χ2n) is 5.01. The Labute approximate surface area is 143 Å². The summed E-state index contributed by atoms with van der Waals surface area (Å²) in [7, 11) is 0. The van der Waals surface area contributed by atoms with Crippen molar-refractivity contribution in [1.29, 1.82) is 0 Å². The molecule has 24 heavy (non-hydrogen) atoms. The first-order chi connectivity index (χ1) is 11.6. The molecule has 0 aliphatic heterocycles. The topological polar surface area (TPSA) is 81.9 Å². The fourth-order valence-electron chi connectivity index (χ4n) is 2.01. The molecule has 1 amide bonds. The predicted octanol–water partition coefficient (Wildman–Crippen LogP) is 2.72. The lowest BCUT2D eigenvalue weighted by Crippen LogP contribution is -2.30. The first-order valence-corrected chi connectivity index (χ1v) is 7.56. The number of amides is 1. The van der Waals surface area contributed by atoms with Crippen molar-refractivity contribution in [1.82, 2.24) is 20.2 Å². The van der Waals surface area contributed by atoms with Crippen molar-refractivity contribution in [3.8, 4) is 11.4 Å². The number of carbonyl (C=O) groups excluding carboxylic acids is 1. The van der Waals surface area contributed by atoms with Crippen molar-refractivity contribution in [3.63, 3.8) is 0 Å². The fraction of sp³-hybridized carbons (Fsp3) is 0.125. The van der Waals surface area contributed by atoms with E-state index < -0.39 is 6.10 Å². The minimum Gasteiger partial charge on any atom is -0.481 e. The number of ether oxygens (including phenoxy) is 1. The third-order valence-electron chi connectivity index (χ3n) is 3.23. The van der Waals surface area contributed by atoms with Crippen LogP contribution in [0.5, 0.6) is 5.75 Å². The van der Waals surface area contributed by atoms with Gasteiger partial charge in [0.1, 0.15) is 12.1 Å². The van der Waals surface area contributed by atoms with Crippen molar-refractivity contribution in [2.45, 2.75) is 13.0 Å². The maximum absolute atomic E-state index is 12.2. The van der Waals surface area contributed by atoms with Gasteiger partial charge in [-0.1, -0.05) is 17.7 Å². The van der Waals surface area contributed by atoms with Crippen molar-refractivity contribution < 1.29 is 9.53 Å². The summed E-state index contributed by atoms with van der Waals surface area (Å²) in [4.78, 5) is 12.2. The molecular formula is C16H14ClN5O2. The molecule has 0 fully saturated rings. The van der Waals surface area contributed by atoms with E-state index in [9.17, 15) is 4.79 Å². The zero-order chi connectivity index (χ0) is 16.9. The molecule has 0 aliphatic rings. The van der Waals surface area contributed by atoms with Crippen LogP contribution in [-0.2, 0) is 4.79 Å². The van der Waals surface area contributed by atoms with E-state index in [1.807, 2.05) is 6.07 Å². The summed E-state index contributed by atoms with van der Waals surface area (Å²) < 4.78 is 7.20. The van der Waals surface area contributed by atoms with E-state index in [0.717, 1.165) is 5.69 Å². The second kappa shape index (κ2) is 7.10. The number of halogens is 1. The van der Waals surface area contributed by atoms with Gasteiger partial charge < -0.3 is 10.1 Å². The monoisotopic (exact) mass is 343 g/mol. The summed E-state index contributed by atoms with van der Waals surface area (Å²) in [6.07, 6.45) is 0.806. The van der Waals surface area contributed by atoms with Gasteiger partial charge >= 0.3 is 0 Å². The normalized spacial score (nSPS) is 11.8. The number of hydrogen-bond acceptors (Lipinski definition) is 5. The number of benzene rings is 2. The third-order valence-corrected chi connectivity index (χ3v) is 3.48. The van der Waals surface area contributed by atoms with Crippen LogP contribution in [0, 0.1) is 0 Å². The number of rotatable bonds is 5. The van der Waals surface area contributed by atoms with E-state index in [4.69, 9.17) is 16.3 Å². The predicted molar refractivity (Wildman–Crippen MR) is 89.3 cm³/mol. The zero-order valence-electron chi connectivity index (χ0n) is 12.8. The molecule has 0 radical (unpaired) electrons. The molecule has 0 saturated heterocycles. The Kier molecular flexibility index (Phi) is 4.72. The highest BCUT2D eigenvalue weighted by atomic mass is 35.5. The van der Waals surface area contributed by atoms with Gasteiger partial charge in [-0.15, -0.1) is 5.10 Å². The van der Waals surface area contributed by atoms with Gasteiger partial charge in [0, 0.05) is 16.8 Å². The van der Waals surface area contributed by atoms with Crippen LogP contribution in [0.25, 0.3) is 5.69 Å². The number of hydrogen-bond donors (Lipinski definition) is 1. The number of anilines is 1. The number of tetrazole rings is 1. The largest absolute Gasteiger partial charge is 0.481 e. The zero-order valence-corrected chi connectivity index (χ0v) is 13.5. The molecule has 3 rings (SSSR count). The summed E-state index contributed by atoms with van der Waals surface area (Å²) in [6.45, 7) is 1.68. The molecule has 1 unspecified atom stereocenters. The minimum absolute atomic E-state index is 0.259. The minimum atomic E-state index is -0.676.